The first-order chi connectivity index (χ1) is 7.85. The van der Waals surface area contributed by atoms with Crippen LogP contribution in [0.4, 0.5) is 4.39 Å². The summed E-state index contributed by atoms with van der Waals surface area (Å²) in [7, 11) is 4.01. The van der Waals surface area contributed by atoms with Crippen molar-refractivity contribution in [2.45, 2.75) is 25.9 Å². The lowest BCUT2D eigenvalue weighted by atomic mass is 9.66. The van der Waals surface area contributed by atoms with Gasteiger partial charge < -0.3 is 10.0 Å². The van der Waals surface area contributed by atoms with Gasteiger partial charge in [-0.1, -0.05) is 26.0 Å². The van der Waals surface area contributed by atoms with E-state index in [1.54, 1.807) is 12.1 Å². The Morgan fingerprint density at radius 1 is 1.29 bits per heavy atom. The summed E-state index contributed by atoms with van der Waals surface area (Å²) in [5, 5.41) is 10.9. The third-order valence-corrected chi connectivity index (χ3v) is 3.97. The highest BCUT2D eigenvalue weighted by Gasteiger charge is 2.49. The number of halogens is 1. The molecule has 94 valence electrons. The molecule has 0 aromatic heterocycles. The SMILES string of the molecule is [CH2-][NH+]1CCC(O)(c2ccc(F)cc2)C(C)(C)C1. The van der Waals surface area contributed by atoms with Gasteiger partial charge in [0.15, 0.2) is 0 Å². The van der Waals surface area contributed by atoms with E-state index in [0.29, 0.717) is 6.42 Å². The summed E-state index contributed by atoms with van der Waals surface area (Å²) >= 11 is 0. The molecule has 1 aliphatic rings. The van der Waals surface area contributed by atoms with Gasteiger partial charge in [-0.3, -0.25) is 0 Å². The molecule has 0 aliphatic carbocycles. The normalized spacial score (nSPS) is 32.4. The summed E-state index contributed by atoms with van der Waals surface area (Å²) in [6, 6.07) is 6.19. The van der Waals surface area contributed by atoms with E-state index in [4.69, 9.17) is 0 Å². The second-order valence-electron chi connectivity index (χ2n) is 5.68. The van der Waals surface area contributed by atoms with E-state index in [9.17, 15) is 9.50 Å². The van der Waals surface area contributed by atoms with Gasteiger partial charge in [-0.25, -0.2) is 4.39 Å². The van der Waals surface area contributed by atoms with Crippen LogP contribution in [0.2, 0.25) is 0 Å². The summed E-state index contributed by atoms with van der Waals surface area (Å²) < 4.78 is 12.9. The summed E-state index contributed by atoms with van der Waals surface area (Å²) in [6.45, 7) is 5.72. The fourth-order valence-corrected chi connectivity index (χ4v) is 2.82. The van der Waals surface area contributed by atoms with Crippen LogP contribution in [0, 0.1) is 18.3 Å². The lowest BCUT2D eigenvalue weighted by Crippen LogP contribution is -3.10. The molecule has 1 aliphatic heterocycles. The predicted molar refractivity (Wildman–Crippen MR) is 64.7 cm³/mol. The van der Waals surface area contributed by atoms with Crippen LogP contribution < -0.4 is 4.90 Å². The van der Waals surface area contributed by atoms with Gasteiger partial charge >= 0.3 is 0 Å². The number of benzene rings is 1. The van der Waals surface area contributed by atoms with Crippen molar-refractivity contribution in [3.8, 4) is 0 Å². The average Bonchev–Trinajstić information content (AvgIpc) is 2.24. The van der Waals surface area contributed by atoms with E-state index >= 15 is 0 Å². The molecule has 0 radical (unpaired) electrons. The molecule has 1 aromatic rings. The molecule has 2 nitrogen and oxygen atoms in total. The number of hydrogen-bond acceptors (Lipinski definition) is 1. The van der Waals surface area contributed by atoms with Crippen LogP contribution in [-0.4, -0.2) is 18.2 Å². The van der Waals surface area contributed by atoms with Crippen molar-refractivity contribution < 1.29 is 14.4 Å². The Morgan fingerprint density at radius 3 is 2.41 bits per heavy atom. The van der Waals surface area contributed by atoms with Gasteiger partial charge in [0.25, 0.3) is 0 Å². The lowest BCUT2D eigenvalue weighted by Gasteiger charge is -2.49. The Hall–Kier alpha value is -0.930. The molecule has 0 saturated carbocycles. The number of rotatable bonds is 1. The fourth-order valence-electron chi connectivity index (χ4n) is 2.82. The van der Waals surface area contributed by atoms with Crippen LogP contribution in [0.1, 0.15) is 25.8 Å². The molecule has 2 N–H and O–H groups in total. The summed E-state index contributed by atoms with van der Waals surface area (Å²) in [6.07, 6.45) is 0.657. The van der Waals surface area contributed by atoms with Gasteiger partial charge in [0, 0.05) is 11.8 Å². The molecule has 0 amide bonds. The maximum atomic E-state index is 12.9. The van der Waals surface area contributed by atoms with Crippen LogP contribution in [0.5, 0.6) is 0 Å². The largest absolute Gasteiger partial charge is 0.467 e. The molecule has 17 heavy (non-hydrogen) atoms. The molecule has 1 heterocycles. The van der Waals surface area contributed by atoms with Gasteiger partial charge in [0.1, 0.15) is 11.4 Å². The minimum atomic E-state index is -0.887. The van der Waals surface area contributed by atoms with Crippen molar-refractivity contribution in [2.75, 3.05) is 13.1 Å². The Bertz CT molecular complexity index is 401. The number of quaternary nitrogens is 1. The maximum absolute atomic E-state index is 12.9. The van der Waals surface area contributed by atoms with Gasteiger partial charge in [-0.2, -0.15) is 7.05 Å². The topological polar surface area (TPSA) is 24.7 Å². The first kappa shape index (κ1) is 12.5. The smallest absolute Gasteiger partial charge is 0.123 e. The molecular weight excluding hydrogens is 217 g/mol. The molecule has 0 spiro atoms. The second-order valence-corrected chi connectivity index (χ2v) is 5.68. The Morgan fingerprint density at radius 2 is 1.88 bits per heavy atom. The van der Waals surface area contributed by atoms with Crippen molar-refractivity contribution in [3.63, 3.8) is 0 Å². The first-order valence-electron chi connectivity index (χ1n) is 6.00. The van der Waals surface area contributed by atoms with Crippen molar-refractivity contribution >= 4 is 0 Å². The molecule has 2 rings (SSSR count). The van der Waals surface area contributed by atoms with E-state index < -0.39 is 5.60 Å². The molecule has 2 atom stereocenters. The zero-order valence-electron chi connectivity index (χ0n) is 10.5. The Kier molecular flexibility index (Phi) is 3.00. The Labute approximate surface area is 102 Å². The van der Waals surface area contributed by atoms with Crippen LogP contribution in [0.25, 0.3) is 0 Å². The standard InChI is InChI=1S/C14H20FNO/c1-13(2)10-16(3)9-8-14(13,17)11-4-6-12(15)7-5-11/h4-7,16-17H,3,8-10H2,1-2H3. The number of piperidine rings is 1. The van der Waals surface area contributed by atoms with Crippen molar-refractivity contribution in [1.82, 2.24) is 0 Å². The van der Waals surface area contributed by atoms with Crippen molar-refractivity contribution in [1.29, 1.82) is 0 Å². The highest BCUT2D eigenvalue weighted by atomic mass is 19.1. The second kappa shape index (κ2) is 4.07. The van der Waals surface area contributed by atoms with Gasteiger partial charge in [0.05, 0.1) is 13.1 Å². The van der Waals surface area contributed by atoms with Gasteiger partial charge in [-0.05, 0) is 17.7 Å². The van der Waals surface area contributed by atoms with Crippen LogP contribution in [0.3, 0.4) is 0 Å². The van der Waals surface area contributed by atoms with E-state index in [2.05, 4.69) is 7.05 Å². The fraction of sp³-hybridized carbons (Fsp3) is 0.500. The monoisotopic (exact) mass is 237 g/mol. The third-order valence-electron chi connectivity index (χ3n) is 3.97. The molecule has 1 aromatic carbocycles. The predicted octanol–water partition coefficient (Wildman–Crippen LogP) is 1.12. The number of likely N-dealkylation sites (tertiary alicyclic amines) is 1. The zero-order chi connectivity index (χ0) is 12.7. The van der Waals surface area contributed by atoms with E-state index in [0.717, 1.165) is 18.7 Å². The third kappa shape index (κ3) is 2.09. The van der Waals surface area contributed by atoms with Crippen LogP contribution in [0.15, 0.2) is 24.3 Å². The molecule has 1 saturated heterocycles. The number of aliphatic hydroxyl groups is 1. The van der Waals surface area contributed by atoms with Crippen LogP contribution in [-0.2, 0) is 5.60 Å². The molecular formula is C14H20FNO. The minimum absolute atomic E-state index is 0.264. The van der Waals surface area contributed by atoms with Crippen molar-refractivity contribution in [2.24, 2.45) is 5.41 Å². The first-order valence-corrected chi connectivity index (χ1v) is 6.00. The molecule has 0 bridgehead atoms. The minimum Gasteiger partial charge on any atom is -0.467 e. The summed E-state index contributed by atoms with van der Waals surface area (Å²) in [4.78, 5) is 1.18. The highest BCUT2D eigenvalue weighted by molar-refractivity contribution is 5.26. The van der Waals surface area contributed by atoms with Gasteiger partial charge in [-0.15, -0.1) is 0 Å². The lowest BCUT2D eigenvalue weighted by molar-refractivity contribution is -0.872. The highest BCUT2D eigenvalue weighted by Crippen LogP contribution is 2.42. The van der Waals surface area contributed by atoms with E-state index in [-0.39, 0.29) is 11.2 Å². The Balaban J connectivity index is 2.37. The number of nitrogens with one attached hydrogen (secondary N) is 1. The molecule has 2 unspecified atom stereocenters. The maximum Gasteiger partial charge on any atom is 0.123 e. The van der Waals surface area contributed by atoms with E-state index in [1.165, 1.54) is 17.0 Å². The van der Waals surface area contributed by atoms with Gasteiger partial charge in [0.2, 0.25) is 0 Å². The van der Waals surface area contributed by atoms with Crippen molar-refractivity contribution in [3.05, 3.63) is 42.7 Å². The quantitative estimate of drug-likeness (QED) is 0.703. The number of hydrogen-bond donors (Lipinski definition) is 2. The van der Waals surface area contributed by atoms with E-state index in [1.807, 2.05) is 13.8 Å². The van der Waals surface area contributed by atoms with Crippen LogP contribution >= 0.6 is 0 Å². The summed E-state index contributed by atoms with van der Waals surface area (Å²) in [5.41, 5.74) is -0.349. The zero-order valence-corrected chi connectivity index (χ0v) is 10.5. The average molecular weight is 237 g/mol. The molecule has 1 fully saturated rings. The summed E-state index contributed by atoms with van der Waals surface area (Å²) in [5.74, 6) is -0.268. The molecule has 3 heteroatoms.